The van der Waals surface area contributed by atoms with Crippen molar-refractivity contribution in [2.45, 2.75) is 11.4 Å². The van der Waals surface area contributed by atoms with Crippen LogP contribution in [0.3, 0.4) is 0 Å². The number of esters is 1. The number of rotatable bonds is 3. The molecule has 6 heteroatoms. The second-order valence-electron chi connectivity index (χ2n) is 4.52. The van der Waals surface area contributed by atoms with Crippen LogP contribution in [0.25, 0.3) is 0 Å². The van der Waals surface area contributed by atoms with Gasteiger partial charge in [0.25, 0.3) is 0 Å². The van der Waals surface area contributed by atoms with Crippen LogP contribution in [0.1, 0.15) is 16.1 Å². The van der Waals surface area contributed by atoms with Gasteiger partial charge in [0, 0.05) is 4.90 Å². The SMILES string of the molecule is COC(=O)c1ccc2c(c1)SCC(=O)N2Cc1ccco1. The Morgan fingerprint density at radius 1 is 1.43 bits per heavy atom. The van der Waals surface area contributed by atoms with Crippen LogP contribution in [0.2, 0.25) is 0 Å². The standard InChI is InChI=1S/C15H13NO4S/c1-19-15(18)10-4-5-12-13(7-10)21-9-14(17)16(12)8-11-3-2-6-20-11/h2-7H,8-9H2,1H3. The van der Waals surface area contributed by atoms with Gasteiger partial charge in [-0.1, -0.05) is 0 Å². The Hall–Kier alpha value is -2.21. The maximum Gasteiger partial charge on any atom is 0.337 e. The van der Waals surface area contributed by atoms with Crippen LogP contribution in [0.4, 0.5) is 5.69 Å². The number of amides is 1. The number of carbonyl (C=O) groups excluding carboxylic acids is 2. The molecule has 0 N–H and O–H groups in total. The van der Waals surface area contributed by atoms with E-state index in [1.54, 1.807) is 35.4 Å². The highest BCUT2D eigenvalue weighted by Crippen LogP contribution is 2.37. The predicted molar refractivity (Wildman–Crippen MR) is 78.4 cm³/mol. The van der Waals surface area contributed by atoms with Crippen LogP contribution in [0.15, 0.2) is 45.9 Å². The Bertz CT molecular complexity index is 681. The Morgan fingerprint density at radius 3 is 3.00 bits per heavy atom. The van der Waals surface area contributed by atoms with Gasteiger partial charge in [0.1, 0.15) is 5.76 Å². The highest BCUT2D eigenvalue weighted by atomic mass is 32.2. The van der Waals surface area contributed by atoms with E-state index in [0.29, 0.717) is 17.9 Å². The van der Waals surface area contributed by atoms with E-state index < -0.39 is 0 Å². The van der Waals surface area contributed by atoms with Gasteiger partial charge in [0.15, 0.2) is 0 Å². The van der Waals surface area contributed by atoms with Crippen molar-refractivity contribution in [3.8, 4) is 0 Å². The lowest BCUT2D eigenvalue weighted by molar-refractivity contribution is -0.116. The Kier molecular flexibility index (Phi) is 3.70. The Balaban J connectivity index is 1.94. The number of hydrogen-bond acceptors (Lipinski definition) is 5. The molecule has 2 heterocycles. The molecule has 1 aromatic carbocycles. The molecular formula is C15H13NO4S. The number of fused-ring (bicyclic) bond motifs is 1. The van der Waals surface area contributed by atoms with Crippen LogP contribution in [-0.2, 0) is 16.1 Å². The average Bonchev–Trinajstić information content (AvgIpc) is 3.02. The molecule has 1 aromatic heterocycles. The third-order valence-electron chi connectivity index (χ3n) is 3.22. The number of anilines is 1. The van der Waals surface area contributed by atoms with Gasteiger partial charge in [-0.05, 0) is 30.3 Å². The number of methoxy groups -OCH3 is 1. The highest BCUT2D eigenvalue weighted by Gasteiger charge is 2.26. The molecule has 0 spiro atoms. The monoisotopic (exact) mass is 303 g/mol. The molecule has 108 valence electrons. The Labute approximate surface area is 125 Å². The topological polar surface area (TPSA) is 59.8 Å². The van der Waals surface area contributed by atoms with Gasteiger partial charge in [0.2, 0.25) is 5.91 Å². The van der Waals surface area contributed by atoms with Crippen molar-refractivity contribution in [2.75, 3.05) is 17.8 Å². The van der Waals surface area contributed by atoms with E-state index in [0.717, 1.165) is 16.3 Å². The summed E-state index contributed by atoms with van der Waals surface area (Å²) >= 11 is 1.43. The van der Waals surface area contributed by atoms with Crippen molar-refractivity contribution in [1.82, 2.24) is 0 Å². The number of ether oxygens (including phenoxy) is 1. The number of nitrogens with zero attached hydrogens (tertiary/aromatic N) is 1. The lowest BCUT2D eigenvalue weighted by atomic mass is 10.2. The zero-order valence-electron chi connectivity index (χ0n) is 11.4. The molecule has 1 amide bonds. The fourth-order valence-corrected chi connectivity index (χ4v) is 3.15. The number of carbonyl (C=O) groups is 2. The van der Waals surface area contributed by atoms with Gasteiger partial charge in [-0.15, -0.1) is 11.8 Å². The predicted octanol–water partition coefficient (Wildman–Crippen LogP) is 2.71. The summed E-state index contributed by atoms with van der Waals surface area (Å²) in [6, 6.07) is 8.82. The third kappa shape index (κ3) is 2.67. The van der Waals surface area contributed by atoms with Gasteiger partial charge in [-0.2, -0.15) is 0 Å². The summed E-state index contributed by atoms with van der Waals surface area (Å²) in [5.74, 6) is 0.707. The van der Waals surface area contributed by atoms with Gasteiger partial charge >= 0.3 is 5.97 Å². The molecule has 0 saturated carbocycles. The van der Waals surface area contributed by atoms with Gasteiger partial charge in [-0.25, -0.2) is 4.79 Å². The minimum atomic E-state index is -0.382. The largest absolute Gasteiger partial charge is 0.467 e. The molecule has 0 fully saturated rings. The van der Waals surface area contributed by atoms with E-state index in [1.807, 2.05) is 6.07 Å². The molecule has 21 heavy (non-hydrogen) atoms. The smallest absolute Gasteiger partial charge is 0.337 e. The molecule has 3 rings (SSSR count). The summed E-state index contributed by atoms with van der Waals surface area (Å²) in [5.41, 5.74) is 1.27. The molecule has 0 radical (unpaired) electrons. The first kappa shape index (κ1) is 13.8. The third-order valence-corrected chi connectivity index (χ3v) is 4.25. The Morgan fingerprint density at radius 2 is 2.29 bits per heavy atom. The first-order valence-corrected chi connectivity index (χ1v) is 7.35. The summed E-state index contributed by atoms with van der Waals surface area (Å²) in [6.07, 6.45) is 1.58. The zero-order chi connectivity index (χ0) is 14.8. The minimum Gasteiger partial charge on any atom is -0.467 e. The van der Waals surface area contributed by atoms with Crippen molar-refractivity contribution in [3.63, 3.8) is 0 Å². The van der Waals surface area contributed by atoms with E-state index in [2.05, 4.69) is 0 Å². The van der Waals surface area contributed by atoms with E-state index in [1.165, 1.54) is 18.9 Å². The summed E-state index contributed by atoms with van der Waals surface area (Å²) < 4.78 is 10.0. The van der Waals surface area contributed by atoms with Crippen molar-refractivity contribution < 1.29 is 18.7 Å². The maximum absolute atomic E-state index is 12.1. The first-order valence-electron chi connectivity index (χ1n) is 6.37. The quantitative estimate of drug-likeness (QED) is 0.816. The van der Waals surface area contributed by atoms with E-state index >= 15 is 0 Å². The average molecular weight is 303 g/mol. The van der Waals surface area contributed by atoms with E-state index in [-0.39, 0.29) is 11.9 Å². The molecule has 0 saturated heterocycles. The number of thioether (sulfide) groups is 1. The summed E-state index contributed by atoms with van der Waals surface area (Å²) in [7, 11) is 1.35. The molecule has 2 aromatic rings. The van der Waals surface area contributed by atoms with Crippen LogP contribution in [0.5, 0.6) is 0 Å². The van der Waals surface area contributed by atoms with Crippen molar-refractivity contribution >= 4 is 29.3 Å². The summed E-state index contributed by atoms with van der Waals surface area (Å²) in [5, 5.41) is 0. The van der Waals surface area contributed by atoms with Crippen LogP contribution in [-0.4, -0.2) is 24.7 Å². The molecular weight excluding hydrogens is 290 g/mol. The molecule has 1 aliphatic heterocycles. The normalized spacial score (nSPS) is 14.0. The molecule has 1 aliphatic rings. The molecule has 0 aliphatic carbocycles. The van der Waals surface area contributed by atoms with Gasteiger partial charge in [0.05, 0.1) is 36.9 Å². The van der Waals surface area contributed by atoms with Crippen LogP contribution in [0, 0.1) is 0 Å². The molecule has 5 nitrogen and oxygen atoms in total. The van der Waals surface area contributed by atoms with E-state index in [9.17, 15) is 9.59 Å². The van der Waals surface area contributed by atoms with E-state index in [4.69, 9.17) is 9.15 Å². The number of benzene rings is 1. The zero-order valence-corrected chi connectivity index (χ0v) is 12.2. The number of furan rings is 1. The minimum absolute atomic E-state index is 0.0229. The lowest BCUT2D eigenvalue weighted by Gasteiger charge is -2.28. The second-order valence-corrected chi connectivity index (χ2v) is 5.54. The maximum atomic E-state index is 12.1. The summed E-state index contributed by atoms with van der Waals surface area (Å²) in [4.78, 5) is 26.3. The van der Waals surface area contributed by atoms with Crippen molar-refractivity contribution in [1.29, 1.82) is 0 Å². The van der Waals surface area contributed by atoms with Crippen molar-refractivity contribution in [2.24, 2.45) is 0 Å². The van der Waals surface area contributed by atoms with Crippen LogP contribution < -0.4 is 4.90 Å². The first-order chi connectivity index (χ1) is 10.2. The second kappa shape index (κ2) is 5.65. The van der Waals surface area contributed by atoms with Gasteiger partial charge in [-0.3, -0.25) is 4.79 Å². The summed E-state index contributed by atoms with van der Waals surface area (Å²) in [6.45, 7) is 0.386. The van der Waals surface area contributed by atoms with Gasteiger partial charge < -0.3 is 14.1 Å². The fraction of sp³-hybridized carbons (Fsp3) is 0.200. The highest BCUT2D eigenvalue weighted by molar-refractivity contribution is 8.00. The van der Waals surface area contributed by atoms with Crippen LogP contribution >= 0.6 is 11.8 Å². The molecule has 0 bridgehead atoms. The number of hydrogen-bond donors (Lipinski definition) is 0. The lowest BCUT2D eigenvalue weighted by Crippen LogP contribution is -2.34. The fourth-order valence-electron chi connectivity index (χ4n) is 2.18. The molecule has 0 unspecified atom stereocenters. The molecule has 0 atom stereocenters. The van der Waals surface area contributed by atoms with Crippen molar-refractivity contribution in [3.05, 3.63) is 47.9 Å².